The Kier molecular flexibility index (Phi) is 6.02. The van der Waals surface area contributed by atoms with Gasteiger partial charge in [-0.3, -0.25) is 9.11 Å². The van der Waals surface area contributed by atoms with Gasteiger partial charge in [0.2, 0.25) is 0 Å². The summed E-state index contributed by atoms with van der Waals surface area (Å²) in [5.74, 6) is 0. The molecule has 0 radical (unpaired) electrons. The molecule has 0 saturated carbocycles. The first-order valence-electron chi connectivity index (χ1n) is 4.15. The van der Waals surface area contributed by atoms with Gasteiger partial charge in [-0.15, -0.1) is 0 Å². The number of nitrogens with zero attached hydrogens (tertiary/aromatic N) is 1. The van der Waals surface area contributed by atoms with Crippen molar-refractivity contribution >= 4 is 10.4 Å². The number of aliphatic hydroxyl groups excluding tert-OH is 1. The lowest BCUT2D eigenvalue weighted by Gasteiger charge is -1.93. The van der Waals surface area contributed by atoms with Crippen LogP contribution in [0.25, 0.3) is 0 Å². The van der Waals surface area contributed by atoms with Gasteiger partial charge in [-0.25, -0.2) is 4.57 Å². The van der Waals surface area contributed by atoms with Gasteiger partial charge in [0.15, 0.2) is 12.4 Å². The number of aliphatic hydroxyl groups is 1. The van der Waals surface area contributed by atoms with Crippen molar-refractivity contribution in [3.8, 4) is 0 Å². The van der Waals surface area contributed by atoms with Crippen molar-refractivity contribution in [2.45, 2.75) is 20.1 Å². The third kappa shape index (κ3) is 9.29. The highest BCUT2D eigenvalue weighted by Crippen LogP contribution is 1.91. The fourth-order valence-corrected chi connectivity index (χ4v) is 0.866. The summed E-state index contributed by atoms with van der Waals surface area (Å²) in [6, 6.07) is 3.85. The highest BCUT2D eigenvalue weighted by atomic mass is 32.3. The van der Waals surface area contributed by atoms with Crippen LogP contribution in [0.4, 0.5) is 0 Å². The molecule has 0 spiro atoms. The summed E-state index contributed by atoms with van der Waals surface area (Å²) in [6.07, 6.45) is 3.93. The van der Waals surface area contributed by atoms with Gasteiger partial charge in [-0.2, -0.15) is 8.42 Å². The second-order valence-corrected chi connectivity index (χ2v) is 3.54. The highest BCUT2D eigenvalue weighted by Gasteiger charge is 1.96. The summed E-state index contributed by atoms with van der Waals surface area (Å²) in [4.78, 5) is 0. The van der Waals surface area contributed by atoms with Crippen LogP contribution < -0.4 is 4.57 Å². The van der Waals surface area contributed by atoms with E-state index in [0.717, 1.165) is 12.1 Å². The van der Waals surface area contributed by atoms with Crippen LogP contribution in [0.15, 0.2) is 24.5 Å². The molecule has 0 amide bonds. The maximum absolute atomic E-state index is 8.74. The van der Waals surface area contributed by atoms with Crippen molar-refractivity contribution in [3.05, 3.63) is 30.1 Å². The fraction of sp³-hybridized carbons (Fsp3) is 0.375. The molecular formula is C8H14NO5S+. The molecule has 0 fully saturated rings. The normalized spacial score (nSPS) is 10.4. The minimum absolute atomic E-state index is 0.126. The van der Waals surface area contributed by atoms with E-state index in [4.69, 9.17) is 22.6 Å². The average molecular weight is 236 g/mol. The van der Waals surface area contributed by atoms with Crippen LogP contribution in [0, 0.1) is 0 Å². The Morgan fingerprint density at radius 1 is 1.40 bits per heavy atom. The molecule has 0 aliphatic heterocycles. The fourth-order valence-electron chi connectivity index (χ4n) is 0.866. The van der Waals surface area contributed by atoms with Crippen LogP contribution in [-0.2, 0) is 23.6 Å². The van der Waals surface area contributed by atoms with Gasteiger partial charge < -0.3 is 5.11 Å². The van der Waals surface area contributed by atoms with Gasteiger partial charge >= 0.3 is 10.4 Å². The topological polar surface area (TPSA) is 98.7 Å². The third-order valence-electron chi connectivity index (χ3n) is 1.47. The van der Waals surface area contributed by atoms with E-state index in [1.807, 2.05) is 29.1 Å². The van der Waals surface area contributed by atoms with E-state index in [1.54, 1.807) is 0 Å². The quantitative estimate of drug-likeness (QED) is 0.489. The largest absolute Gasteiger partial charge is 0.394 e. The Morgan fingerprint density at radius 2 is 1.93 bits per heavy atom. The number of aromatic nitrogens is 1. The molecule has 7 heteroatoms. The minimum Gasteiger partial charge on any atom is -0.391 e. The predicted octanol–water partition coefficient (Wildman–Crippen LogP) is -0.166. The maximum Gasteiger partial charge on any atom is 0.394 e. The molecule has 6 nitrogen and oxygen atoms in total. The zero-order chi connectivity index (χ0) is 11.9. The lowest BCUT2D eigenvalue weighted by Crippen LogP contribution is -2.31. The molecule has 0 bridgehead atoms. The molecule has 15 heavy (non-hydrogen) atoms. The first kappa shape index (κ1) is 14.0. The SMILES string of the molecule is CC[n+]1cccc(CO)c1.O=S(=O)(O)O. The zero-order valence-electron chi connectivity index (χ0n) is 8.24. The minimum atomic E-state index is -4.67. The molecule has 0 saturated heterocycles. The first-order valence-corrected chi connectivity index (χ1v) is 5.55. The van der Waals surface area contributed by atoms with Crippen LogP contribution in [0.5, 0.6) is 0 Å². The van der Waals surface area contributed by atoms with Crippen molar-refractivity contribution in [3.63, 3.8) is 0 Å². The second-order valence-electron chi connectivity index (χ2n) is 2.65. The summed E-state index contributed by atoms with van der Waals surface area (Å²) in [5, 5.41) is 8.74. The van der Waals surface area contributed by atoms with Crippen LogP contribution >= 0.6 is 0 Å². The summed E-state index contributed by atoms with van der Waals surface area (Å²) in [5.41, 5.74) is 0.962. The standard InChI is InChI=1S/C8H12NO.H2O4S/c1-2-9-5-3-4-8(6-9)7-10;1-5(2,3)4/h3-6,10H,2,7H2,1H3;(H2,1,2,3,4)/q+1;. The van der Waals surface area contributed by atoms with Crippen molar-refractivity contribution in [1.29, 1.82) is 0 Å². The molecule has 1 aromatic rings. The Hall–Kier alpha value is -1.02. The maximum atomic E-state index is 8.74. The van der Waals surface area contributed by atoms with Crippen molar-refractivity contribution in [1.82, 2.24) is 0 Å². The Morgan fingerprint density at radius 3 is 2.33 bits per heavy atom. The Balaban J connectivity index is 0.000000336. The smallest absolute Gasteiger partial charge is 0.391 e. The zero-order valence-corrected chi connectivity index (χ0v) is 9.05. The lowest BCUT2D eigenvalue weighted by atomic mass is 10.3. The van der Waals surface area contributed by atoms with E-state index < -0.39 is 10.4 Å². The van der Waals surface area contributed by atoms with E-state index in [2.05, 4.69) is 6.92 Å². The number of pyridine rings is 1. The van der Waals surface area contributed by atoms with Crippen molar-refractivity contribution in [2.75, 3.05) is 0 Å². The van der Waals surface area contributed by atoms with Gasteiger partial charge in [-0.05, 0) is 13.0 Å². The molecule has 0 unspecified atom stereocenters. The molecule has 0 aromatic carbocycles. The van der Waals surface area contributed by atoms with Crippen LogP contribution in [0.2, 0.25) is 0 Å². The van der Waals surface area contributed by atoms with Crippen LogP contribution in [-0.4, -0.2) is 22.6 Å². The summed E-state index contributed by atoms with van der Waals surface area (Å²) in [7, 11) is -4.67. The number of hydrogen-bond acceptors (Lipinski definition) is 3. The molecule has 0 aliphatic rings. The van der Waals surface area contributed by atoms with Gasteiger partial charge in [-0.1, -0.05) is 0 Å². The van der Waals surface area contributed by atoms with Gasteiger partial charge in [0.1, 0.15) is 6.54 Å². The van der Waals surface area contributed by atoms with Gasteiger partial charge in [0.05, 0.1) is 6.61 Å². The van der Waals surface area contributed by atoms with Crippen LogP contribution in [0.1, 0.15) is 12.5 Å². The summed E-state index contributed by atoms with van der Waals surface area (Å²) >= 11 is 0. The highest BCUT2D eigenvalue weighted by molar-refractivity contribution is 7.79. The predicted molar refractivity (Wildman–Crippen MR) is 52.4 cm³/mol. The van der Waals surface area contributed by atoms with E-state index >= 15 is 0 Å². The second kappa shape index (κ2) is 6.46. The van der Waals surface area contributed by atoms with Gasteiger partial charge in [0.25, 0.3) is 0 Å². The molecule has 1 heterocycles. The summed E-state index contributed by atoms with van der Waals surface area (Å²) < 4.78 is 33.6. The van der Waals surface area contributed by atoms with E-state index in [9.17, 15) is 0 Å². The number of hydrogen-bond donors (Lipinski definition) is 3. The van der Waals surface area contributed by atoms with E-state index in [-0.39, 0.29) is 6.61 Å². The first-order chi connectivity index (χ1) is 6.86. The van der Waals surface area contributed by atoms with Gasteiger partial charge in [0, 0.05) is 11.6 Å². The molecule has 1 aromatic heterocycles. The monoisotopic (exact) mass is 236 g/mol. The number of rotatable bonds is 2. The van der Waals surface area contributed by atoms with E-state index in [0.29, 0.717) is 0 Å². The van der Waals surface area contributed by atoms with E-state index in [1.165, 1.54) is 0 Å². The number of aryl methyl sites for hydroxylation is 1. The molecule has 3 N–H and O–H groups in total. The Labute approximate surface area is 88.4 Å². The molecule has 1 rings (SSSR count). The third-order valence-corrected chi connectivity index (χ3v) is 1.47. The molecular weight excluding hydrogens is 222 g/mol. The average Bonchev–Trinajstić information content (AvgIpc) is 2.15. The van der Waals surface area contributed by atoms with Crippen LogP contribution in [0.3, 0.4) is 0 Å². The lowest BCUT2D eigenvalue weighted by molar-refractivity contribution is -0.694. The Bertz CT molecular complexity index is 363. The van der Waals surface area contributed by atoms with Crippen molar-refractivity contribution < 1.29 is 27.2 Å². The summed E-state index contributed by atoms with van der Waals surface area (Å²) in [6.45, 7) is 3.15. The van der Waals surface area contributed by atoms with Crippen molar-refractivity contribution in [2.24, 2.45) is 0 Å². The molecule has 86 valence electrons. The molecule has 0 aliphatic carbocycles. The molecule has 0 atom stereocenters.